The molecule has 4 nitrogen and oxygen atoms in total. The van der Waals surface area contributed by atoms with E-state index in [1.165, 1.54) is 6.07 Å². The Bertz CT molecular complexity index is 363. The number of carbonyl (C=O) groups is 1. The molecule has 0 aliphatic carbocycles. The van der Waals surface area contributed by atoms with Crippen LogP contribution in [0, 0.1) is 0 Å². The summed E-state index contributed by atoms with van der Waals surface area (Å²) < 4.78 is 5.40. The molecule has 1 N–H and O–H groups in total. The number of carboxylic acids is 1. The highest BCUT2D eigenvalue weighted by Crippen LogP contribution is 2.11. The topological polar surface area (TPSA) is 59.4 Å². The normalized spacial score (nSPS) is 11.8. The van der Waals surface area contributed by atoms with E-state index in [9.17, 15) is 4.79 Å². The van der Waals surface area contributed by atoms with Crippen molar-refractivity contribution >= 4 is 5.97 Å². The Kier molecular flexibility index (Phi) is 3.85. The van der Waals surface area contributed by atoms with Crippen molar-refractivity contribution in [1.82, 2.24) is 4.98 Å². The Morgan fingerprint density at radius 2 is 2.47 bits per heavy atom. The van der Waals surface area contributed by atoms with Crippen molar-refractivity contribution in [3.63, 3.8) is 0 Å². The van der Waals surface area contributed by atoms with Gasteiger partial charge in [-0.3, -0.25) is 0 Å². The largest absolute Gasteiger partial charge is 0.477 e. The molecule has 0 bridgehead atoms. The van der Waals surface area contributed by atoms with Crippen LogP contribution < -0.4 is 4.74 Å². The first kappa shape index (κ1) is 11.2. The summed E-state index contributed by atoms with van der Waals surface area (Å²) in [5.74, 6) is -0.735. The lowest BCUT2D eigenvalue weighted by Crippen LogP contribution is -2.12. The number of pyridine rings is 1. The molecule has 0 amide bonds. The van der Waals surface area contributed by atoms with E-state index in [0.717, 1.165) is 0 Å². The number of hydrogen-bond acceptors (Lipinski definition) is 3. The lowest BCUT2D eigenvalue weighted by atomic mass is 10.3. The molecule has 0 aliphatic heterocycles. The van der Waals surface area contributed by atoms with Gasteiger partial charge in [-0.05, 0) is 13.0 Å². The van der Waals surface area contributed by atoms with Crippen LogP contribution in [-0.4, -0.2) is 22.2 Å². The summed E-state index contributed by atoms with van der Waals surface area (Å²) in [6.45, 7) is 5.47. The molecule has 0 aliphatic rings. The fraction of sp³-hybridized carbons (Fsp3) is 0.273. The summed E-state index contributed by atoms with van der Waals surface area (Å²) >= 11 is 0. The van der Waals surface area contributed by atoms with Gasteiger partial charge < -0.3 is 9.84 Å². The number of aromatic carboxylic acids is 1. The van der Waals surface area contributed by atoms with E-state index in [0.29, 0.717) is 12.3 Å². The average Bonchev–Trinajstić information content (AvgIpc) is 2.18. The molecular formula is C11H13NO3. The van der Waals surface area contributed by atoms with Crippen molar-refractivity contribution in [1.29, 1.82) is 0 Å². The third kappa shape index (κ3) is 3.42. The minimum atomic E-state index is -1.06. The van der Waals surface area contributed by atoms with Crippen LogP contribution >= 0.6 is 0 Å². The van der Waals surface area contributed by atoms with Gasteiger partial charge in [0, 0.05) is 12.5 Å². The highest BCUT2D eigenvalue weighted by Gasteiger charge is 2.07. The average molecular weight is 207 g/mol. The molecular weight excluding hydrogens is 194 g/mol. The molecule has 0 radical (unpaired) electrons. The third-order valence-corrected chi connectivity index (χ3v) is 1.76. The molecule has 1 aromatic rings. The summed E-state index contributed by atoms with van der Waals surface area (Å²) in [5.41, 5.74) is -0.0155. The van der Waals surface area contributed by atoms with E-state index in [-0.39, 0.29) is 11.8 Å². The van der Waals surface area contributed by atoms with E-state index < -0.39 is 5.97 Å². The minimum absolute atomic E-state index is 0.0155. The van der Waals surface area contributed by atoms with Crippen LogP contribution in [0.1, 0.15) is 23.8 Å². The quantitative estimate of drug-likeness (QED) is 0.751. The van der Waals surface area contributed by atoms with Crippen LogP contribution in [0.3, 0.4) is 0 Å². The van der Waals surface area contributed by atoms with E-state index in [1.54, 1.807) is 18.2 Å². The zero-order valence-corrected chi connectivity index (χ0v) is 8.51. The number of rotatable bonds is 5. The van der Waals surface area contributed by atoms with Gasteiger partial charge in [0.25, 0.3) is 0 Å². The standard InChI is InChI=1S/C11H13NO3/c1-3-5-8(2)15-10-7-4-6-9(12-10)11(13)14/h3-4,6-8H,1,5H2,2H3,(H,13,14)/t8-/m1/s1. The molecule has 1 rings (SSSR count). The molecule has 1 heterocycles. The lowest BCUT2D eigenvalue weighted by Gasteiger charge is -2.11. The van der Waals surface area contributed by atoms with Crippen LogP contribution in [0.2, 0.25) is 0 Å². The number of aromatic nitrogens is 1. The van der Waals surface area contributed by atoms with Crippen LogP contribution in [0.25, 0.3) is 0 Å². The maximum absolute atomic E-state index is 10.6. The Hall–Kier alpha value is -1.84. The van der Waals surface area contributed by atoms with Crippen molar-refractivity contribution in [3.05, 3.63) is 36.5 Å². The van der Waals surface area contributed by atoms with Crippen molar-refractivity contribution in [2.24, 2.45) is 0 Å². The smallest absolute Gasteiger partial charge is 0.354 e. The molecule has 80 valence electrons. The van der Waals surface area contributed by atoms with Crippen LogP contribution in [0.4, 0.5) is 0 Å². The van der Waals surface area contributed by atoms with Crippen LogP contribution in [-0.2, 0) is 0 Å². The second-order valence-electron chi connectivity index (χ2n) is 3.12. The summed E-state index contributed by atoms with van der Waals surface area (Å²) in [6, 6.07) is 4.66. The minimum Gasteiger partial charge on any atom is -0.477 e. The van der Waals surface area contributed by atoms with Gasteiger partial charge in [-0.25, -0.2) is 9.78 Å². The number of carboxylic acid groups (broad SMARTS) is 1. The van der Waals surface area contributed by atoms with E-state index >= 15 is 0 Å². The first-order valence-corrected chi connectivity index (χ1v) is 4.61. The maximum Gasteiger partial charge on any atom is 0.354 e. The predicted molar refractivity (Wildman–Crippen MR) is 56.1 cm³/mol. The molecule has 0 aromatic carbocycles. The van der Waals surface area contributed by atoms with Gasteiger partial charge in [-0.2, -0.15) is 0 Å². The Morgan fingerprint density at radius 1 is 1.73 bits per heavy atom. The van der Waals surface area contributed by atoms with E-state index in [2.05, 4.69) is 11.6 Å². The highest BCUT2D eigenvalue weighted by molar-refractivity contribution is 5.85. The molecule has 0 unspecified atom stereocenters. The molecule has 4 heteroatoms. The van der Waals surface area contributed by atoms with E-state index in [4.69, 9.17) is 9.84 Å². The Balaban J connectivity index is 2.73. The SMILES string of the molecule is C=CC[C@@H](C)Oc1cccc(C(=O)O)n1. The molecule has 1 aromatic heterocycles. The summed E-state index contributed by atoms with van der Waals surface area (Å²) in [6.07, 6.45) is 2.38. The molecule has 15 heavy (non-hydrogen) atoms. The van der Waals surface area contributed by atoms with Crippen LogP contribution in [0.15, 0.2) is 30.9 Å². The number of ether oxygens (including phenoxy) is 1. The highest BCUT2D eigenvalue weighted by atomic mass is 16.5. The molecule has 0 saturated heterocycles. The first-order valence-electron chi connectivity index (χ1n) is 4.61. The van der Waals surface area contributed by atoms with Gasteiger partial charge in [0.15, 0.2) is 5.69 Å². The third-order valence-electron chi connectivity index (χ3n) is 1.76. The molecule has 0 spiro atoms. The second kappa shape index (κ2) is 5.14. The van der Waals surface area contributed by atoms with Gasteiger partial charge in [0.2, 0.25) is 5.88 Å². The van der Waals surface area contributed by atoms with Gasteiger partial charge in [0.05, 0.1) is 0 Å². The fourth-order valence-electron chi connectivity index (χ4n) is 1.09. The van der Waals surface area contributed by atoms with Gasteiger partial charge >= 0.3 is 5.97 Å². The van der Waals surface area contributed by atoms with Crippen molar-refractivity contribution < 1.29 is 14.6 Å². The van der Waals surface area contributed by atoms with Crippen molar-refractivity contribution in [3.8, 4) is 5.88 Å². The van der Waals surface area contributed by atoms with Gasteiger partial charge in [-0.15, -0.1) is 6.58 Å². The van der Waals surface area contributed by atoms with Crippen LogP contribution in [0.5, 0.6) is 5.88 Å². The van der Waals surface area contributed by atoms with Gasteiger partial charge in [-0.1, -0.05) is 12.1 Å². The number of nitrogens with zero attached hydrogens (tertiary/aromatic N) is 1. The lowest BCUT2D eigenvalue weighted by molar-refractivity contribution is 0.0688. The summed E-state index contributed by atoms with van der Waals surface area (Å²) in [4.78, 5) is 14.5. The summed E-state index contributed by atoms with van der Waals surface area (Å²) in [5, 5.41) is 8.71. The fourth-order valence-corrected chi connectivity index (χ4v) is 1.09. The number of hydrogen-bond donors (Lipinski definition) is 1. The maximum atomic E-state index is 10.6. The second-order valence-corrected chi connectivity index (χ2v) is 3.12. The molecule has 0 fully saturated rings. The Labute approximate surface area is 88.2 Å². The monoisotopic (exact) mass is 207 g/mol. The Morgan fingerprint density at radius 3 is 3.07 bits per heavy atom. The molecule has 0 saturated carbocycles. The van der Waals surface area contributed by atoms with E-state index in [1.807, 2.05) is 6.92 Å². The summed E-state index contributed by atoms with van der Waals surface area (Å²) in [7, 11) is 0. The zero-order chi connectivity index (χ0) is 11.3. The zero-order valence-electron chi connectivity index (χ0n) is 8.51. The van der Waals surface area contributed by atoms with Crippen molar-refractivity contribution in [2.45, 2.75) is 19.4 Å². The predicted octanol–water partition coefficient (Wildman–Crippen LogP) is 2.12. The van der Waals surface area contributed by atoms with Gasteiger partial charge in [0.1, 0.15) is 6.10 Å². The molecule has 1 atom stereocenters. The first-order chi connectivity index (χ1) is 7.13. The van der Waals surface area contributed by atoms with Crippen molar-refractivity contribution in [2.75, 3.05) is 0 Å².